The van der Waals surface area contributed by atoms with Crippen molar-refractivity contribution in [1.29, 1.82) is 0 Å². The fourth-order valence-electron chi connectivity index (χ4n) is 1.13. The van der Waals surface area contributed by atoms with E-state index in [0.717, 1.165) is 5.76 Å². The summed E-state index contributed by atoms with van der Waals surface area (Å²) >= 11 is 0. The molecule has 4 N–H and O–H groups in total. The molecule has 0 fully saturated rings. The van der Waals surface area contributed by atoms with Crippen molar-refractivity contribution in [2.24, 2.45) is 11.5 Å². The second-order valence-corrected chi connectivity index (χ2v) is 2.92. The third kappa shape index (κ3) is 1.91. The third-order valence-electron chi connectivity index (χ3n) is 2.17. The molecule has 4 heteroatoms. The van der Waals surface area contributed by atoms with Gasteiger partial charge in [0.05, 0.1) is 6.54 Å². The Labute approximate surface area is 77.8 Å². The monoisotopic (exact) mass is 184 g/mol. The number of hydrogen-bond acceptors (Lipinski definition) is 4. The molecule has 1 aromatic rings. The SMILES string of the molecule is CCC(N)(OC)c1ccc(CN)o1. The molecule has 1 aromatic heterocycles. The molecule has 0 amide bonds. The van der Waals surface area contributed by atoms with Crippen LogP contribution in [0.5, 0.6) is 0 Å². The van der Waals surface area contributed by atoms with E-state index in [0.29, 0.717) is 18.7 Å². The number of furan rings is 1. The zero-order valence-corrected chi connectivity index (χ0v) is 8.04. The van der Waals surface area contributed by atoms with Gasteiger partial charge in [-0.15, -0.1) is 0 Å². The number of methoxy groups -OCH3 is 1. The Balaban J connectivity index is 2.91. The van der Waals surface area contributed by atoms with E-state index < -0.39 is 5.72 Å². The Hall–Kier alpha value is -0.840. The van der Waals surface area contributed by atoms with Crippen LogP contribution < -0.4 is 11.5 Å². The van der Waals surface area contributed by atoms with Gasteiger partial charge in [0, 0.05) is 7.11 Å². The van der Waals surface area contributed by atoms with Crippen LogP contribution in [-0.2, 0) is 17.0 Å². The first-order valence-corrected chi connectivity index (χ1v) is 4.29. The van der Waals surface area contributed by atoms with Crippen LogP contribution >= 0.6 is 0 Å². The highest BCUT2D eigenvalue weighted by Gasteiger charge is 2.28. The molecule has 1 unspecified atom stereocenters. The fraction of sp³-hybridized carbons (Fsp3) is 0.556. The molecule has 0 saturated heterocycles. The van der Waals surface area contributed by atoms with Crippen molar-refractivity contribution in [3.8, 4) is 0 Å². The maximum atomic E-state index is 5.93. The number of ether oxygens (including phenoxy) is 1. The highest BCUT2D eigenvalue weighted by molar-refractivity contribution is 5.12. The van der Waals surface area contributed by atoms with E-state index in [1.807, 2.05) is 13.0 Å². The second kappa shape index (κ2) is 3.91. The van der Waals surface area contributed by atoms with E-state index in [2.05, 4.69) is 0 Å². The highest BCUT2D eigenvalue weighted by atomic mass is 16.5. The van der Waals surface area contributed by atoms with Crippen LogP contribution in [0, 0.1) is 0 Å². The second-order valence-electron chi connectivity index (χ2n) is 2.92. The van der Waals surface area contributed by atoms with Crippen LogP contribution in [0.25, 0.3) is 0 Å². The molecular weight excluding hydrogens is 168 g/mol. The Morgan fingerprint density at radius 3 is 2.62 bits per heavy atom. The summed E-state index contributed by atoms with van der Waals surface area (Å²) in [6, 6.07) is 3.61. The lowest BCUT2D eigenvalue weighted by Gasteiger charge is -2.23. The van der Waals surface area contributed by atoms with Gasteiger partial charge in [0.2, 0.25) is 0 Å². The van der Waals surface area contributed by atoms with Gasteiger partial charge in [-0.2, -0.15) is 0 Å². The Bertz CT molecular complexity index is 266. The third-order valence-corrected chi connectivity index (χ3v) is 2.17. The maximum Gasteiger partial charge on any atom is 0.174 e. The minimum atomic E-state index is -0.826. The van der Waals surface area contributed by atoms with Crippen molar-refractivity contribution in [1.82, 2.24) is 0 Å². The molecule has 74 valence electrons. The fourth-order valence-corrected chi connectivity index (χ4v) is 1.13. The average molecular weight is 184 g/mol. The Morgan fingerprint density at radius 1 is 1.54 bits per heavy atom. The van der Waals surface area contributed by atoms with E-state index in [9.17, 15) is 0 Å². The van der Waals surface area contributed by atoms with Crippen LogP contribution in [0.1, 0.15) is 24.9 Å². The molecule has 0 bridgehead atoms. The normalized spacial score (nSPS) is 15.7. The van der Waals surface area contributed by atoms with Gasteiger partial charge in [-0.05, 0) is 18.6 Å². The zero-order valence-electron chi connectivity index (χ0n) is 8.04. The van der Waals surface area contributed by atoms with Crippen LogP contribution in [0.3, 0.4) is 0 Å². The molecule has 0 spiro atoms. The summed E-state index contributed by atoms with van der Waals surface area (Å²) in [7, 11) is 1.56. The largest absolute Gasteiger partial charge is 0.460 e. The van der Waals surface area contributed by atoms with Gasteiger partial charge in [0.15, 0.2) is 11.5 Å². The summed E-state index contributed by atoms with van der Waals surface area (Å²) in [5.74, 6) is 1.34. The summed E-state index contributed by atoms with van der Waals surface area (Å²) in [5.41, 5.74) is 10.5. The Morgan fingerprint density at radius 2 is 2.23 bits per heavy atom. The van der Waals surface area contributed by atoms with Crippen molar-refractivity contribution in [3.63, 3.8) is 0 Å². The predicted octanol–water partition coefficient (Wildman–Crippen LogP) is 0.906. The molecule has 13 heavy (non-hydrogen) atoms. The van der Waals surface area contributed by atoms with E-state index in [4.69, 9.17) is 20.6 Å². The van der Waals surface area contributed by atoms with Gasteiger partial charge < -0.3 is 14.9 Å². The van der Waals surface area contributed by atoms with Gasteiger partial charge in [-0.1, -0.05) is 6.92 Å². The van der Waals surface area contributed by atoms with Crippen LogP contribution in [0.15, 0.2) is 16.5 Å². The molecule has 0 aromatic carbocycles. The van der Waals surface area contributed by atoms with Crippen LogP contribution in [-0.4, -0.2) is 7.11 Å². The topological polar surface area (TPSA) is 74.4 Å². The van der Waals surface area contributed by atoms with Gasteiger partial charge >= 0.3 is 0 Å². The lowest BCUT2D eigenvalue weighted by atomic mass is 10.1. The summed E-state index contributed by atoms with van der Waals surface area (Å²) < 4.78 is 10.6. The Kier molecular flexibility index (Phi) is 3.08. The maximum absolute atomic E-state index is 5.93. The van der Waals surface area contributed by atoms with Gasteiger partial charge in [0.25, 0.3) is 0 Å². The molecule has 0 aliphatic carbocycles. The van der Waals surface area contributed by atoms with E-state index in [1.165, 1.54) is 0 Å². The van der Waals surface area contributed by atoms with Crippen LogP contribution in [0.2, 0.25) is 0 Å². The van der Waals surface area contributed by atoms with Crippen molar-refractivity contribution >= 4 is 0 Å². The molecule has 4 nitrogen and oxygen atoms in total. The highest BCUT2D eigenvalue weighted by Crippen LogP contribution is 2.24. The molecule has 0 saturated carbocycles. The van der Waals surface area contributed by atoms with Gasteiger partial charge in [0.1, 0.15) is 5.76 Å². The van der Waals surface area contributed by atoms with Gasteiger partial charge in [-0.25, -0.2) is 0 Å². The van der Waals surface area contributed by atoms with Crippen LogP contribution in [0.4, 0.5) is 0 Å². The zero-order chi connectivity index (χ0) is 9.90. The van der Waals surface area contributed by atoms with Crippen molar-refractivity contribution in [3.05, 3.63) is 23.7 Å². The molecule has 0 radical (unpaired) electrons. The van der Waals surface area contributed by atoms with Crippen molar-refractivity contribution in [2.75, 3.05) is 7.11 Å². The summed E-state index contributed by atoms with van der Waals surface area (Å²) in [6.45, 7) is 2.32. The van der Waals surface area contributed by atoms with Crippen molar-refractivity contribution in [2.45, 2.75) is 25.6 Å². The van der Waals surface area contributed by atoms with E-state index in [1.54, 1.807) is 13.2 Å². The molecule has 1 heterocycles. The van der Waals surface area contributed by atoms with E-state index in [-0.39, 0.29) is 0 Å². The molecule has 1 atom stereocenters. The first-order chi connectivity index (χ1) is 6.16. The summed E-state index contributed by atoms with van der Waals surface area (Å²) in [4.78, 5) is 0. The summed E-state index contributed by atoms with van der Waals surface area (Å²) in [5, 5.41) is 0. The average Bonchev–Trinajstić information content (AvgIpc) is 2.65. The lowest BCUT2D eigenvalue weighted by molar-refractivity contribution is -0.0308. The smallest absolute Gasteiger partial charge is 0.174 e. The minimum Gasteiger partial charge on any atom is -0.460 e. The lowest BCUT2D eigenvalue weighted by Crippen LogP contribution is -2.37. The summed E-state index contributed by atoms with van der Waals surface area (Å²) in [6.07, 6.45) is 0.654. The minimum absolute atomic E-state index is 0.378. The molecule has 1 rings (SSSR count). The van der Waals surface area contributed by atoms with E-state index >= 15 is 0 Å². The first-order valence-electron chi connectivity index (χ1n) is 4.29. The molecule has 0 aliphatic heterocycles. The standard InChI is InChI=1S/C9H16N2O2/c1-3-9(11,12-2)8-5-4-7(6-10)13-8/h4-5H,3,6,10-11H2,1-2H3. The number of hydrogen-bond donors (Lipinski definition) is 2. The number of nitrogens with two attached hydrogens (primary N) is 2. The first kappa shape index (κ1) is 10.2. The predicted molar refractivity (Wildman–Crippen MR) is 49.8 cm³/mol. The quantitative estimate of drug-likeness (QED) is 0.682. The van der Waals surface area contributed by atoms with Gasteiger partial charge in [-0.3, -0.25) is 5.73 Å². The van der Waals surface area contributed by atoms with Crippen molar-refractivity contribution < 1.29 is 9.15 Å². The molecule has 0 aliphatic rings. The molecular formula is C9H16N2O2. The number of rotatable bonds is 4.